The van der Waals surface area contributed by atoms with Gasteiger partial charge < -0.3 is 9.30 Å². The molecule has 0 bridgehead atoms. The van der Waals surface area contributed by atoms with Gasteiger partial charge in [-0.3, -0.25) is 14.9 Å². The average Bonchev–Trinajstić information content (AvgIpc) is 3.05. The van der Waals surface area contributed by atoms with Gasteiger partial charge in [0.1, 0.15) is 11.3 Å². The number of carbonyl (C=O) groups excluding carboxylic acids is 3. The lowest BCUT2D eigenvalue weighted by atomic mass is 10.1. The molecule has 0 atom stereocenters. The van der Waals surface area contributed by atoms with Crippen molar-refractivity contribution in [2.24, 2.45) is 0 Å². The van der Waals surface area contributed by atoms with Gasteiger partial charge in [0.2, 0.25) is 0 Å². The molecular weight excluding hydrogens is 418 g/mol. The fourth-order valence-electron chi connectivity index (χ4n) is 3.95. The fraction of sp³-hybridized carbons (Fsp3) is 0.192. The number of aryl methyl sites for hydroxylation is 2. The van der Waals surface area contributed by atoms with Gasteiger partial charge in [-0.05, 0) is 69.7 Å². The molecule has 2 aromatic carbocycles. The van der Waals surface area contributed by atoms with E-state index in [9.17, 15) is 14.4 Å². The molecule has 168 valence electrons. The quantitative estimate of drug-likeness (QED) is 0.466. The summed E-state index contributed by atoms with van der Waals surface area (Å²) in [7, 11) is 0. The zero-order valence-corrected chi connectivity index (χ0v) is 19.0. The molecule has 2 heterocycles. The summed E-state index contributed by atoms with van der Waals surface area (Å²) in [6.45, 7) is 8.22. The Hall–Kier alpha value is -4.13. The third-order valence-electron chi connectivity index (χ3n) is 5.55. The first kappa shape index (κ1) is 22.1. The highest BCUT2D eigenvalue weighted by Crippen LogP contribution is 2.27. The van der Waals surface area contributed by atoms with Gasteiger partial charge in [0, 0.05) is 23.1 Å². The van der Waals surface area contributed by atoms with Crippen molar-refractivity contribution < 1.29 is 19.1 Å². The van der Waals surface area contributed by atoms with Crippen LogP contribution in [0, 0.1) is 20.8 Å². The molecule has 1 fully saturated rings. The van der Waals surface area contributed by atoms with Crippen molar-refractivity contribution in [1.29, 1.82) is 0 Å². The zero-order chi connectivity index (χ0) is 23.7. The first-order valence-corrected chi connectivity index (χ1v) is 10.7. The Kier molecular flexibility index (Phi) is 5.87. The van der Waals surface area contributed by atoms with E-state index in [-0.39, 0.29) is 5.57 Å². The van der Waals surface area contributed by atoms with E-state index in [2.05, 4.69) is 9.88 Å². The number of hydrogen-bond donors (Lipinski definition) is 1. The first-order chi connectivity index (χ1) is 15.8. The molecule has 7 nitrogen and oxygen atoms in total. The second-order valence-electron chi connectivity index (χ2n) is 7.89. The van der Waals surface area contributed by atoms with Crippen LogP contribution >= 0.6 is 0 Å². The third kappa shape index (κ3) is 4.17. The van der Waals surface area contributed by atoms with Gasteiger partial charge in [-0.2, -0.15) is 0 Å². The maximum Gasteiger partial charge on any atom is 0.335 e. The molecule has 0 aliphatic carbocycles. The van der Waals surface area contributed by atoms with E-state index in [4.69, 9.17) is 4.74 Å². The smallest absolute Gasteiger partial charge is 0.335 e. The minimum atomic E-state index is -0.791. The number of urea groups is 1. The average molecular weight is 444 g/mol. The monoisotopic (exact) mass is 443 g/mol. The predicted octanol–water partition coefficient (Wildman–Crippen LogP) is 4.47. The summed E-state index contributed by atoms with van der Waals surface area (Å²) >= 11 is 0. The van der Waals surface area contributed by atoms with E-state index in [1.807, 2.05) is 58.0 Å². The number of barbiturate groups is 1. The molecular formula is C26H25N3O4. The number of nitrogens with one attached hydrogen (secondary N) is 1. The summed E-state index contributed by atoms with van der Waals surface area (Å²) in [4.78, 5) is 39.3. The summed E-state index contributed by atoms with van der Waals surface area (Å²) < 4.78 is 7.54. The lowest BCUT2D eigenvalue weighted by Crippen LogP contribution is -2.54. The number of benzene rings is 2. The van der Waals surface area contributed by atoms with Gasteiger partial charge in [0.25, 0.3) is 11.8 Å². The van der Waals surface area contributed by atoms with Gasteiger partial charge in [0.15, 0.2) is 0 Å². The molecule has 1 saturated heterocycles. The van der Waals surface area contributed by atoms with Crippen LogP contribution in [0.15, 0.2) is 60.2 Å². The molecule has 1 aromatic heterocycles. The molecule has 0 saturated carbocycles. The molecule has 1 aliphatic rings. The third-order valence-corrected chi connectivity index (χ3v) is 5.55. The molecule has 33 heavy (non-hydrogen) atoms. The zero-order valence-electron chi connectivity index (χ0n) is 19.0. The number of nitrogens with zero attached hydrogens (tertiary/aromatic N) is 2. The highest BCUT2D eigenvalue weighted by Gasteiger charge is 2.37. The summed E-state index contributed by atoms with van der Waals surface area (Å²) in [5.74, 6) is -0.875. The van der Waals surface area contributed by atoms with Gasteiger partial charge in [-0.25, -0.2) is 9.69 Å². The molecule has 0 radical (unpaired) electrons. The Labute approximate surface area is 192 Å². The van der Waals surface area contributed by atoms with Gasteiger partial charge in [-0.15, -0.1) is 0 Å². The Morgan fingerprint density at radius 3 is 2.36 bits per heavy atom. The number of rotatable bonds is 5. The van der Waals surface area contributed by atoms with Crippen LogP contribution in [0.3, 0.4) is 0 Å². The van der Waals surface area contributed by atoms with Crippen LogP contribution in [0.25, 0.3) is 11.8 Å². The lowest BCUT2D eigenvalue weighted by molar-refractivity contribution is -0.122. The van der Waals surface area contributed by atoms with Gasteiger partial charge >= 0.3 is 6.03 Å². The standard InChI is InChI=1S/C26H25N3O4/c1-5-33-22-8-6-7-21(15-22)29-25(31)23(24(30)27-26(29)32)14-19-13-17(3)28(18(19)4)20-11-9-16(2)10-12-20/h6-15H,5H2,1-4H3,(H,27,30,32)/b23-14+. The van der Waals surface area contributed by atoms with Crippen LogP contribution in [0.4, 0.5) is 10.5 Å². The Morgan fingerprint density at radius 1 is 0.939 bits per heavy atom. The number of aromatic nitrogens is 1. The number of hydrogen-bond acceptors (Lipinski definition) is 4. The molecule has 4 rings (SSSR count). The van der Waals surface area contributed by atoms with Gasteiger partial charge in [-0.1, -0.05) is 23.8 Å². The topological polar surface area (TPSA) is 80.6 Å². The molecule has 1 aliphatic heterocycles. The summed E-state index contributed by atoms with van der Waals surface area (Å²) in [6.07, 6.45) is 1.54. The second-order valence-corrected chi connectivity index (χ2v) is 7.89. The minimum Gasteiger partial charge on any atom is -0.494 e. The van der Waals surface area contributed by atoms with E-state index < -0.39 is 17.8 Å². The van der Waals surface area contributed by atoms with Crippen LogP contribution in [-0.2, 0) is 9.59 Å². The predicted molar refractivity (Wildman–Crippen MR) is 127 cm³/mol. The minimum absolute atomic E-state index is 0.111. The Balaban J connectivity index is 1.73. The summed E-state index contributed by atoms with van der Waals surface area (Å²) in [6, 6.07) is 15.9. The largest absolute Gasteiger partial charge is 0.494 e. The van der Waals surface area contributed by atoms with E-state index in [0.717, 1.165) is 33.1 Å². The molecule has 4 amide bonds. The maximum atomic E-state index is 13.3. The number of anilines is 1. The highest BCUT2D eigenvalue weighted by atomic mass is 16.5. The molecule has 0 unspecified atom stereocenters. The number of imide groups is 2. The molecule has 1 N–H and O–H groups in total. The Morgan fingerprint density at radius 2 is 1.67 bits per heavy atom. The van der Waals surface area contributed by atoms with Crippen molar-refractivity contribution in [3.8, 4) is 11.4 Å². The van der Waals surface area contributed by atoms with Crippen molar-refractivity contribution in [1.82, 2.24) is 9.88 Å². The highest BCUT2D eigenvalue weighted by molar-refractivity contribution is 6.39. The van der Waals surface area contributed by atoms with Crippen molar-refractivity contribution in [3.05, 3.63) is 82.7 Å². The van der Waals surface area contributed by atoms with Crippen LogP contribution in [-0.4, -0.2) is 29.0 Å². The van der Waals surface area contributed by atoms with Crippen molar-refractivity contribution in [2.45, 2.75) is 27.7 Å². The molecule has 3 aromatic rings. The lowest BCUT2D eigenvalue weighted by Gasteiger charge is -2.26. The van der Waals surface area contributed by atoms with Crippen molar-refractivity contribution in [2.75, 3.05) is 11.5 Å². The number of ether oxygens (including phenoxy) is 1. The van der Waals surface area contributed by atoms with Crippen molar-refractivity contribution >= 4 is 29.6 Å². The normalized spacial score (nSPS) is 15.2. The van der Waals surface area contributed by atoms with Gasteiger partial charge in [0.05, 0.1) is 12.3 Å². The van der Waals surface area contributed by atoms with E-state index in [1.54, 1.807) is 24.3 Å². The van der Waals surface area contributed by atoms with Crippen LogP contribution < -0.4 is 15.0 Å². The Bertz CT molecular complexity index is 1290. The summed E-state index contributed by atoms with van der Waals surface area (Å²) in [5.41, 5.74) is 4.93. The van der Waals surface area contributed by atoms with Crippen LogP contribution in [0.1, 0.15) is 29.4 Å². The fourth-order valence-corrected chi connectivity index (χ4v) is 3.95. The van der Waals surface area contributed by atoms with Crippen molar-refractivity contribution in [3.63, 3.8) is 0 Å². The van der Waals surface area contributed by atoms with Crippen LogP contribution in [0.2, 0.25) is 0 Å². The number of carbonyl (C=O) groups is 3. The molecule has 7 heteroatoms. The number of amides is 4. The maximum absolute atomic E-state index is 13.3. The summed E-state index contributed by atoms with van der Waals surface area (Å²) in [5, 5.41) is 2.27. The first-order valence-electron chi connectivity index (χ1n) is 10.7. The second kappa shape index (κ2) is 8.78. The van der Waals surface area contributed by atoms with E-state index >= 15 is 0 Å². The SMILES string of the molecule is CCOc1cccc(N2C(=O)NC(=O)/C(=C\c3cc(C)n(-c4ccc(C)cc4)c3C)C2=O)c1. The van der Waals surface area contributed by atoms with Crippen LogP contribution in [0.5, 0.6) is 5.75 Å². The van der Waals surface area contributed by atoms with E-state index in [1.165, 1.54) is 6.08 Å². The van der Waals surface area contributed by atoms with E-state index in [0.29, 0.717) is 18.0 Å². The molecule has 0 spiro atoms.